The van der Waals surface area contributed by atoms with Crippen LogP contribution in [0, 0.1) is 0 Å². The van der Waals surface area contributed by atoms with Crippen molar-refractivity contribution in [1.29, 1.82) is 0 Å². The summed E-state index contributed by atoms with van der Waals surface area (Å²) in [7, 11) is 1.69. The van der Waals surface area contributed by atoms with Crippen LogP contribution in [0.5, 0.6) is 0 Å². The molecule has 2 amide bonds. The van der Waals surface area contributed by atoms with Gasteiger partial charge in [0.25, 0.3) is 5.91 Å². The van der Waals surface area contributed by atoms with Gasteiger partial charge in [-0.25, -0.2) is 0 Å². The average molecular weight is 418 g/mol. The highest BCUT2D eigenvalue weighted by Gasteiger charge is 2.18. The summed E-state index contributed by atoms with van der Waals surface area (Å²) in [4.78, 5) is 26.0. The fourth-order valence-corrected chi connectivity index (χ4v) is 4.08. The number of hydrogen-bond donors (Lipinski definition) is 2. The van der Waals surface area contributed by atoms with Gasteiger partial charge in [-0.3, -0.25) is 14.9 Å². The first-order chi connectivity index (χ1) is 12.9. The third-order valence-corrected chi connectivity index (χ3v) is 5.81. The Balaban J connectivity index is 1.72. The van der Waals surface area contributed by atoms with Crippen molar-refractivity contribution in [1.82, 2.24) is 5.32 Å². The number of anilines is 2. The van der Waals surface area contributed by atoms with Gasteiger partial charge in [0.2, 0.25) is 5.91 Å². The Hall–Kier alpha value is -2.48. The third kappa shape index (κ3) is 4.27. The molecule has 0 aliphatic heterocycles. The van der Waals surface area contributed by atoms with Gasteiger partial charge in [-0.2, -0.15) is 0 Å². The molecule has 27 heavy (non-hydrogen) atoms. The van der Waals surface area contributed by atoms with E-state index in [1.165, 1.54) is 23.2 Å². The van der Waals surface area contributed by atoms with Gasteiger partial charge in [0, 0.05) is 35.4 Å². The van der Waals surface area contributed by atoms with Gasteiger partial charge in [-0.1, -0.05) is 35.9 Å². The maximum atomic E-state index is 12.5. The van der Waals surface area contributed by atoms with Gasteiger partial charge in [-0.15, -0.1) is 11.3 Å². The van der Waals surface area contributed by atoms with E-state index in [0.29, 0.717) is 21.3 Å². The van der Waals surface area contributed by atoms with E-state index in [0.717, 1.165) is 10.1 Å². The van der Waals surface area contributed by atoms with E-state index in [4.69, 9.17) is 23.8 Å². The predicted molar refractivity (Wildman–Crippen MR) is 116 cm³/mol. The summed E-state index contributed by atoms with van der Waals surface area (Å²) in [6, 6.07) is 14.7. The number of thiophene rings is 1. The van der Waals surface area contributed by atoms with Crippen LogP contribution in [0.25, 0.3) is 10.1 Å². The molecule has 8 heteroatoms. The van der Waals surface area contributed by atoms with Crippen molar-refractivity contribution < 1.29 is 9.59 Å². The van der Waals surface area contributed by atoms with Gasteiger partial charge >= 0.3 is 0 Å². The highest BCUT2D eigenvalue weighted by atomic mass is 35.5. The maximum Gasteiger partial charge on any atom is 0.269 e. The number of nitrogens with one attached hydrogen (secondary N) is 2. The number of hydrogen-bond acceptors (Lipinski definition) is 4. The van der Waals surface area contributed by atoms with Crippen LogP contribution >= 0.6 is 35.2 Å². The molecule has 3 aromatic rings. The number of fused-ring (bicyclic) bond motifs is 1. The minimum Gasteiger partial charge on any atom is -0.332 e. The monoisotopic (exact) mass is 417 g/mol. The molecule has 0 bridgehead atoms. The van der Waals surface area contributed by atoms with Crippen molar-refractivity contribution in [2.45, 2.75) is 6.92 Å². The van der Waals surface area contributed by atoms with E-state index < -0.39 is 0 Å². The number of carbonyl (C=O) groups excluding carboxylic acids is 2. The topological polar surface area (TPSA) is 61.4 Å². The van der Waals surface area contributed by atoms with Crippen molar-refractivity contribution in [3.8, 4) is 0 Å². The van der Waals surface area contributed by atoms with E-state index >= 15 is 0 Å². The summed E-state index contributed by atoms with van der Waals surface area (Å²) in [5.74, 6) is -0.446. The zero-order chi connectivity index (χ0) is 19.6. The van der Waals surface area contributed by atoms with Crippen molar-refractivity contribution >= 4 is 73.5 Å². The second-order valence-electron chi connectivity index (χ2n) is 5.78. The van der Waals surface area contributed by atoms with E-state index in [1.54, 1.807) is 25.2 Å². The van der Waals surface area contributed by atoms with Crippen LogP contribution in [0.1, 0.15) is 16.6 Å². The van der Waals surface area contributed by atoms with Crippen molar-refractivity contribution in [2.24, 2.45) is 0 Å². The molecule has 0 fully saturated rings. The molecule has 3 rings (SSSR count). The molecule has 0 aliphatic carbocycles. The Morgan fingerprint density at radius 3 is 2.59 bits per heavy atom. The Labute approximate surface area is 170 Å². The molecule has 2 N–H and O–H groups in total. The van der Waals surface area contributed by atoms with Crippen molar-refractivity contribution in [3.63, 3.8) is 0 Å². The molecule has 1 heterocycles. The molecule has 0 aliphatic rings. The van der Waals surface area contributed by atoms with E-state index in [9.17, 15) is 9.59 Å². The fraction of sp³-hybridized carbons (Fsp3) is 0.105. The average Bonchev–Trinajstić information content (AvgIpc) is 2.98. The van der Waals surface area contributed by atoms with Crippen LogP contribution in [0.2, 0.25) is 5.02 Å². The predicted octanol–water partition coefficient (Wildman–Crippen LogP) is 4.66. The summed E-state index contributed by atoms with van der Waals surface area (Å²) in [5, 5.41) is 7.01. The number of halogens is 1. The Bertz CT molecular complexity index is 1050. The first kappa shape index (κ1) is 19.3. The Kier molecular flexibility index (Phi) is 5.74. The number of amides is 2. The van der Waals surface area contributed by atoms with Crippen LogP contribution in [0.15, 0.2) is 48.5 Å². The lowest BCUT2D eigenvalue weighted by molar-refractivity contribution is -0.116. The zero-order valence-electron chi connectivity index (χ0n) is 14.6. The second kappa shape index (κ2) is 8.04. The molecule has 0 unspecified atom stereocenters. The zero-order valence-corrected chi connectivity index (χ0v) is 17.0. The molecule has 0 saturated heterocycles. The first-order valence-corrected chi connectivity index (χ1v) is 9.61. The fourth-order valence-electron chi connectivity index (χ4n) is 2.46. The molecule has 0 atom stereocenters. The summed E-state index contributed by atoms with van der Waals surface area (Å²) < 4.78 is 0.937. The van der Waals surface area contributed by atoms with Crippen LogP contribution in [0.3, 0.4) is 0 Å². The minimum absolute atomic E-state index is 0.0811. The number of thiocarbonyl (C=S) groups is 1. The normalized spacial score (nSPS) is 10.5. The van der Waals surface area contributed by atoms with Gasteiger partial charge in [-0.05, 0) is 36.5 Å². The maximum absolute atomic E-state index is 12.5. The lowest BCUT2D eigenvalue weighted by atomic mass is 10.2. The van der Waals surface area contributed by atoms with Crippen LogP contribution in [0.4, 0.5) is 11.4 Å². The quantitative estimate of drug-likeness (QED) is 0.608. The highest BCUT2D eigenvalue weighted by molar-refractivity contribution is 7.80. The van der Waals surface area contributed by atoms with E-state index in [1.807, 2.05) is 30.3 Å². The molecule has 0 radical (unpaired) electrons. The van der Waals surface area contributed by atoms with Crippen LogP contribution < -0.4 is 15.5 Å². The van der Waals surface area contributed by atoms with E-state index in [-0.39, 0.29) is 16.9 Å². The Morgan fingerprint density at radius 1 is 1.15 bits per heavy atom. The summed E-state index contributed by atoms with van der Waals surface area (Å²) in [6.45, 7) is 1.49. The number of nitrogens with zero attached hydrogens (tertiary/aromatic N) is 1. The third-order valence-electron chi connectivity index (χ3n) is 3.93. The lowest BCUT2D eigenvalue weighted by Gasteiger charge is -2.16. The van der Waals surface area contributed by atoms with Crippen LogP contribution in [-0.4, -0.2) is 24.0 Å². The Morgan fingerprint density at radius 2 is 1.89 bits per heavy atom. The largest absolute Gasteiger partial charge is 0.332 e. The van der Waals surface area contributed by atoms with Gasteiger partial charge in [0.15, 0.2) is 5.11 Å². The van der Waals surface area contributed by atoms with Gasteiger partial charge < -0.3 is 10.2 Å². The molecular weight excluding hydrogens is 402 g/mol. The molecule has 0 saturated carbocycles. The number of benzene rings is 2. The molecule has 2 aromatic carbocycles. The molecule has 1 aromatic heterocycles. The molecule has 138 valence electrons. The van der Waals surface area contributed by atoms with Crippen molar-refractivity contribution in [3.05, 3.63) is 58.4 Å². The van der Waals surface area contributed by atoms with Gasteiger partial charge in [0.05, 0.1) is 5.02 Å². The first-order valence-electron chi connectivity index (χ1n) is 8.00. The van der Waals surface area contributed by atoms with Crippen molar-refractivity contribution in [2.75, 3.05) is 17.3 Å². The second-order valence-corrected chi connectivity index (χ2v) is 7.62. The molecular formula is C19H16ClN3O2S2. The van der Waals surface area contributed by atoms with Gasteiger partial charge in [0.1, 0.15) is 4.88 Å². The SMILES string of the molecule is CC(=O)N(C)c1cccc(NC(=S)NC(=O)c2sc3ccccc3c2Cl)c1. The highest BCUT2D eigenvalue weighted by Crippen LogP contribution is 2.35. The summed E-state index contributed by atoms with van der Waals surface area (Å²) in [6.07, 6.45) is 0. The number of carbonyl (C=O) groups is 2. The standard InChI is InChI=1S/C19H16ClN3O2S2/c1-11(24)23(2)13-7-5-6-12(10-13)21-19(26)22-18(25)17-16(20)14-8-3-4-9-15(14)27-17/h3-10H,1-2H3,(H2,21,22,25,26). The molecule has 5 nitrogen and oxygen atoms in total. The van der Waals surface area contributed by atoms with E-state index in [2.05, 4.69) is 10.6 Å². The van der Waals surface area contributed by atoms with Crippen LogP contribution in [-0.2, 0) is 4.79 Å². The number of rotatable bonds is 3. The molecule has 0 spiro atoms. The smallest absolute Gasteiger partial charge is 0.269 e. The summed E-state index contributed by atoms with van der Waals surface area (Å²) >= 11 is 12.9. The summed E-state index contributed by atoms with van der Waals surface area (Å²) in [5.41, 5.74) is 1.38. The lowest BCUT2D eigenvalue weighted by Crippen LogP contribution is -2.33. The minimum atomic E-state index is -0.365.